The molecule has 0 aromatic carbocycles. The number of hydrogen-bond acceptors (Lipinski definition) is 3. The van der Waals surface area contributed by atoms with Crippen LogP contribution in [-0.4, -0.2) is 25.1 Å². The molecule has 0 radical (unpaired) electrons. The van der Waals surface area contributed by atoms with Gasteiger partial charge in [0.05, 0.1) is 0 Å². The van der Waals surface area contributed by atoms with Gasteiger partial charge in [-0.25, -0.2) is 4.98 Å². The van der Waals surface area contributed by atoms with E-state index in [0.717, 1.165) is 25.5 Å². The first kappa shape index (κ1) is 8.51. The van der Waals surface area contributed by atoms with Crippen molar-refractivity contribution in [2.45, 2.75) is 13.0 Å². The van der Waals surface area contributed by atoms with Crippen LogP contribution in [0, 0.1) is 0 Å². The molecule has 1 saturated heterocycles. The van der Waals surface area contributed by atoms with Crippen LogP contribution in [0.2, 0.25) is 0 Å². The van der Waals surface area contributed by atoms with Gasteiger partial charge in [-0.05, 0) is 31.2 Å². The van der Waals surface area contributed by atoms with E-state index in [0.29, 0.717) is 0 Å². The van der Waals surface area contributed by atoms with Crippen molar-refractivity contribution >= 4 is 5.82 Å². The van der Waals surface area contributed by atoms with Crippen LogP contribution in [-0.2, 0) is 6.54 Å². The molecule has 0 bridgehead atoms. The molecule has 1 aromatic rings. The molecule has 13 heavy (non-hydrogen) atoms. The van der Waals surface area contributed by atoms with Crippen molar-refractivity contribution in [3.05, 3.63) is 23.9 Å². The van der Waals surface area contributed by atoms with Crippen molar-refractivity contribution in [3.63, 3.8) is 0 Å². The van der Waals surface area contributed by atoms with Gasteiger partial charge in [0.25, 0.3) is 0 Å². The summed E-state index contributed by atoms with van der Waals surface area (Å²) < 4.78 is 0. The first-order valence-corrected chi connectivity index (χ1v) is 4.74. The lowest BCUT2D eigenvalue weighted by Crippen LogP contribution is -2.37. The molecule has 2 rings (SSSR count). The minimum Gasteiger partial charge on any atom is -0.356 e. The lowest BCUT2D eigenvalue weighted by molar-refractivity contribution is 0.609. The Morgan fingerprint density at radius 2 is 2.38 bits per heavy atom. The van der Waals surface area contributed by atoms with E-state index in [-0.39, 0.29) is 0 Å². The molecule has 1 fully saturated rings. The lowest BCUT2D eigenvalue weighted by Gasteiger charge is -2.32. The average Bonchev–Trinajstić information content (AvgIpc) is 2.02. The van der Waals surface area contributed by atoms with Crippen molar-refractivity contribution in [2.75, 3.05) is 25.0 Å². The molecule has 0 amide bonds. The standard InChI is InChI=1S/C10H15N3/c1-11-8-9-3-4-12-10(7-9)13-5-2-6-13/h3-4,7,11H,2,5-6,8H2,1H3. The van der Waals surface area contributed by atoms with E-state index < -0.39 is 0 Å². The van der Waals surface area contributed by atoms with Crippen molar-refractivity contribution in [1.29, 1.82) is 0 Å². The number of anilines is 1. The Labute approximate surface area is 78.8 Å². The third-order valence-corrected chi connectivity index (χ3v) is 2.37. The number of nitrogens with zero attached hydrogens (tertiary/aromatic N) is 2. The summed E-state index contributed by atoms with van der Waals surface area (Å²) >= 11 is 0. The topological polar surface area (TPSA) is 28.2 Å². The molecule has 0 aliphatic carbocycles. The summed E-state index contributed by atoms with van der Waals surface area (Å²) in [6.45, 7) is 3.25. The van der Waals surface area contributed by atoms with E-state index in [1.165, 1.54) is 12.0 Å². The first-order valence-electron chi connectivity index (χ1n) is 4.74. The molecule has 3 heteroatoms. The molecule has 0 spiro atoms. The molecule has 1 aliphatic heterocycles. The molecule has 1 aliphatic rings. The van der Waals surface area contributed by atoms with Crippen LogP contribution in [0.1, 0.15) is 12.0 Å². The Balaban J connectivity index is 2.11. The van der Waals surface area contributed by atoms with E-state index in [4.69, 9.17) is 0 Å². The molecular formula is C10H15N3. The van der Waals surface area contributed by atoms with Crippen LogP contribution in [0.4, 0.5) is 5.82 Å². The van der Waals surface area contributed by atoms with Gasteiger partial charge in [0.1, 0.15) is 5.82 Å². The SMILES string of the molecule is CNCc1ccnc(N2CCC2)c1. The number of aromatic nitrogens is 1. The van der Waals surface area contributed by atoms with Crippen molar-refractivity contribution in [3.8, 4) is 0 Å². The maximum atomic E-state index is 4.34. The van der Waals surface area contributed by atoms with Crippen LogP contribution in [0.15, 0.2) is 18.3 Å². The second-order valence-corrected chi connectivity index (χ2v) is 3.39. The maximum Gasteiger partial charge on any atom is 0.128 e. The first-order chi connectivity index (χ1) is 6.40. The van der Waals surface area contributed by atoms with Gasteiger partial charge in [-0.2, -0.15) is 0 Å². The highest BCUT2D eigenvalue weighted by atomic mass is 15.2. The Hall–Kier alpha value is -1.09. The molecule has 0 atom stereocenters. The lowest BCUT2D eigenvalue weighted by atomic mass is 10.2. The minimum atomic E-state index is 0.920. The van der Waals surface area contributed by atoms with Crippen LogP contribution in [0.5, 0.6) is 0 Å². The van der Waals surface area contributed by atoms with Crippen LogP contribution >= 0.6 is 0 Å². The molecule has 0 unspecified atom stereocenters. The van der Waals surface area contributed by atoms with Crippen LogP contribution in [0.25, 0.3) is 0 Å². The van der Waals surface area contributed by atoms with Gasteiger partial charge < -0.3 is 10.2 Å². The Morgan fingerprint density at radius 1 is 1.54 bits per heavy atom. The average molecular weight is 177 g/mol. The van der Waals surface area contributed by atoms with Crippen LogP contribution < -0.4 is 10.2 Å². The Morgan fingerprint density at radius 3 is 3.00 bits per heavy atom. The molecule has 1 N–H and O–H groups in total. The fraction of sp³-hybridized carbons (Fsp3) is 0.500. The molecule has 2 heterocycles. The van der Waals surface area contributed by atoms with Crippen molar-refractivity contribution in [2.24, 2.45) is 0 Å². The molecular weight excluding hydrogens is 162 g/mol. The molecule has 1 aromatic heterocycles. The number of hydrogen-bond donors (Lipinski definition) is 1. The summed E-state index contributed by atoms with van der Waals surface area (Å²) in [4.78, 5) is 6.65. The summed E-state index contributed by atoms with van der Waals surface area (Å²) in [5.41, 5.74) is 1.31. The van der Waals surface area contributed by atoms with Gasteiger partial charge in [0, 0.05) is 25.8 Å². The third-order valence-electron chi connectivity index (χ3n) is 2.37. The van der Waals surface area contributed by atoms with E-state index >= 15 is 0 Å². The van der Waals surface area contributed by atoms with Crippen molar-refractivity contribution in [1.82, 2.24) is 10.3 Å². The number of nitrogens with one attached hydrogen (secondary N) is 1. The predicted octanol–water partition coefficient (Wildman–Crippen LogP) is 1.01. The summed E-state index contributed by atoms with van der Waals surface area (Å²) in [6, 6.07) is 4.22. The highest BCUT2D eigenvalue weighted by Gasteiger charge is 2.15. The van der Waals surface area contributed by atoms with Gasteiger partial charge in [-0.1, -0.05) is 0 Å². The predicted molar refractivity (Wildman–Crippen MR) is 53.8 cm³/mol. The van der Waals surface area contributed by atoms with Gasteiger partial charge in [0.15, 0.2) is 0 Å². The van der Waals surface area contributed by atoms with Gasteiger partial charge >= 0.3 is 0 Å². The second-order valence-electron chi connectivity index (χ2n) is 3.39. The summed E-state index contributed by atoms with van der Waals surface area (Å²) in [7, 11) is 1.96. The van der Waals surface area contributed by atoms with Gasteiger partial charge in [-0.15, -0.1) is 0 Å². The largest absolute Gasteiger partial charge is 0.356 e. The fourth-order valence-corrected chi connectivity index (χ4v) is 1.49. The number of rotatable bonds is 3. The van der Waals surface area contributed by atoms with Crippen molar-refractivity contribution < 1.29 is 0 Å². The Bertz CT molecular complexity index is 281. The van der Waals surface area contributed by atoms with E-state index in [1.54, 1.807) is 0 Å². The summed E-state index contributed by atoms with van der Waals surface area (Å²) in [6.07, 6.45) is 3.19. The smallest absolute Gasteiger partial charge is 0.128 e. The van der Waals surface area contributed by atoms with E-state index in [9.17, 15) is 0 Å². The zero-order chi connectivity index (χ0) is 9.10. The fourth-order valence-electron chi connectivity index (χ4n) is 1.49. The molecule has 70 valence electrons. The second kappa shape index (κ2) is 3.75. The summed E-state index contributed by atoms with van der Waals surface area (Å²) in [5.74, 6) is 1.12. The molecule has 0 saturated carbocycles. The monoisotopic (exact) mass is 177 g/mol. The normalized spacial score (nSPS) is 15.6. The Kier molecular flexibility index (Phi) is 2.45. The van der Waals surface area contributed by atoms with Gasteiger partial charge in [0.2, 0.25) is 0 Å². The van der Waals surface area contributed by atoms with Crippen LogP contribution in [0.3, 0.4) is 0 Å². The van der Waals surface area contributed by atoms with E-state index in [1.807, 2.05) is 13.2 Å². The maximum absolute atomic E-state index is 4.34. The third kappa shape index (κ3) is 1.80. The highest BCUT2D eigenvalue weighted by molar-refractivity contribution is 5.42. The zero-order valence-electron chi connectivity index (χ0n) is 7.95. The van der Waals surface area contributed by atoms with Gasteiger partial charge in [-0.3, -0.25) is 0 Å². The highest BCUT2D eigenvalue weighted by Crippen LogP contribution is 2.18. The molecule has 3 nitrogen and oxygen atoms in total. The summed E-state index contributed by atoms with van der Waals surface area (Å²) in [5, 5.41) is 3.14. The van der Waals surface area contributed by atoms with E-state index in [2.05, 4.69) is 27.3 Å². The quantitative estimate of drug-likeness (QED) is 0.747. The number of pyridine rings is 1. The zero-order valence-corrected chi connectivity index (χ0v) is 7.95. The minimum absolute atomic E-state index is 0.920.